The number of nitrogens with one attached hydrogen (secondary N) is 1. The number of hydrogen-bond acceptors (Lipinski definition) is 4. The molecule has 1 N–H and O–H groups in total. The molecule has 3 rings (SSSR count). The van der Waals surface area contributed by atoms with Crippen molar-refractivity contribution in [2.45, 2.75) is 58.0 Å². The Hall–Kier alpha value is -2.37. The van der Waals surface area contributed by atoms with Gasteiger partial charge in [-0.3, -0.25) is 9.59 Å². The molecule has 1 aromatic carbocycles. The number of carbonyl (C=O) groups excluding carboxylic acids is 2. The van der Waals surface area contributed by atoms with Crippen LogP contribution in [0.25, 0.3) is 0 Å². The topological polar surface area (TPSA) is 65.0 Å². The number of rotatable bonds is 5. The number of benzodiazepines with no additional fused rings is 1. The van der Waals surface area contributed by atoms with Crippen LogP contribution < -0.4 is 10.2 Å². The Labute approximate surface area is 168 Å². The smallest absolute Gasteiger partial charge is 0.272 e. The maximum Gasteiger partial charge on any atom is 0.272 e. The molecule has 152 valence electrons. The number of nitrogens with zero attached hydrogens (tertiary/aromatic N) is 3. The minimum atomic E-state index is -0.882. The van der Waals surface area contributed by atoms with Crippen molar-refractivity contribution >= 4 is 23.3 Å². The first-order valence-electron chi connectivity index (χ1n) is 10.5. The van der Waals surface area contributed by atoms with Crippen molar-refractivity contribution in [2.24, 2.45) is 10.9 Å². The highest BCUT2D eigenvalue weighted by molar-refractivity contribution is 6.12. The fourth-order valence-electron chi connectivity index (χ4n) is 4.18. The van der Waals surface area contributed by atoms with Crippen molar-refractivity contribution in [3.8, 4) is 0 Å². The van der Waals surface area contributed by atoms with E-state index in [1.807, 2.05) is 50.2 Å². The number of fused-ring (bicyclic) bond motifs is 1. The van der Waals surface area contributed by atoms with E-state index in [-0.39, 0.29) is 11.8 Å². The first-order chi connectivity index (χ1) is 13.5. The van der Waals surface area contributed by atoms with Gasteiger partial charge in [0.2, 0.25) is 12.1 Å². The zero-order valence-electron chi connectivity index (χ0n) is 17.3. The quantitative estimate of drug-likeness (QED) is 0.848. The average Bonchev–Trinajstić information content (AvgIpc) is 2.79. The molecule has 0 saturated heterocycles. The maximum absolute atomic E-state index is 13.3. The average molecular weight is 385 g/mol. The minimum Gasteiger partial charge on any atom is -0.362 e. The lowest BCUT2D eigenvalue weighted by Gasteiger charge is -2.26. The van der Waals surface area contributed by atoms with Gasteiger partial charge in [0.05, 0.1) is 5.69 Å². The van der Waals surface area contributed by atoms with Crippen LogP contribution in [-0.2, 0) is 9.59 Å². The molecule has 1 aliphatic heterocycles. The summed E-state index contributed by atoms with van der Waals surface area (Å²) < 4.78 is 0. The van der Waals surface area contributed by atoms with Crippen molar-refractivity contribution in [3.63, 3.8) is 0 Å². The highest BCUT2D eigenvalue weighted by atomic mass is 16.2. The fraction of sp³-hybridized carbons (Fsp3) is 0.591. The molecule has 6 nitrogen and oxygen atoms in total. The van der Waals surface area contributed by atoms with Gasteiger partial charge in [-0.25, -0.2) is 4.99 Å². The zero-order chi connectivity index (χ0) is 20.1. The molecule has 1 fully saturated rings. The number of hydrogen-bond donors (Lipinski definition) is 1. The third-order valence-corrected chi connectivity index (χ3v) is 5.55. The van der Waals surface area contributed by atoms with Gasteiger partial charge >= 0.3 is 0 Å². The molecule has 6 heteroatoms. The number of amides is 2. The van der Waals surface area contributed by atoms with E-state index in [4.69, 9.17) is 0 Å². The summed E-state index contributed by atoms with van der Waals surface area (Å²) in [6.45, 7) is 2.65. The molecule has 2 amide bonds. The molecular formula is C22H32N4O2. The van der Waals surface area contributed by atoms with Gasteiger partial charge in [-0.2, -0.15) is 0 Å². The highest BCUT2D eigenvalue weighted by Crippen LogP contribution is 2.28. The molecular weight excluding hydrogens is 352 g/mol. The number of benzene rings is 1. The SMILES string of the molecule is CCCN1C(=O)C(NC(=O)CC2CCCCC2)N=C(N(C)C)c2ccccc21. The van der Waals surface area contributed by atoms with Crippen LogP contribution in [0.2, 0.25) is 0 Å². The van der Waals surface area contributed by atoms with Gasteiger partial charge in [0.15, 0.2) is 0 Å². The monoisotopic (exact) mass is 384 g/mol. The van der Waals surface area contributed by atoms with Gasteiger partial charge in [-0.05, 0) is 37.3 Å². The standard InChI is InChI=1S/C22H32N4O2/c1-4-14-26-18-13-9-8-12-17(18)21(25(2)3)24-20(22(26)28)23-19(27)15-16-10-6-5-7-11-16/h8-9,12-13,16,20H,4-7,10-11,14-15H2,1-3H3,(H,23,27). The Morgan fingerprint density at radius 1 is 1.21 bits per heavy atom. The Morgan fingerprint density at radius 2 is 1.93 bits per heavy atom. The molecule has 28 heavy (non-hydrogen) atoms. The number of para-hydroxylation sites is 1. The summed E-state index contributed by atoms with van der Waals surface area (Å²) >= 11 is 0. The van der Waals surface area contributed by atoms with Gasteiger partial charge in [0, 0.05) is 32.6 Å². The van der Waals surface area contributed by atoms with Crippen molar-refractivity contribution in [1.82, 2.24) is 10.2 Å². The van der Waals surface area contributed by atoms with E-state index < -0.39 is 6.17 Å². The largest absolute Gasteiger partial charge is 0.362 e. The Morgan fingerprint density at radius 3 is 2.61 bits per heavy atom. The fourth-order valence-corrected chi connectivity index (χ4v) is 4.18. The predicted octanol–water partition coefficient (Wildman–Crippen LogP) is 3.16. The highest BCUT2D eigenvalue weighted by Gasteiger charge is 2.33. The second kappa shape index (κ2) is 9.22. The molecule has 0 bridgehead atoms. The predicted molar refractivity (Wildman–Crippen MR) is 112 cm³/mol. The van der Waals surface area contributed by atoms with Crippen LogP contribution in [0.15, 0.2) is 29.3 Å². The van der Waals surface area contributed by atoms with E-state index in [1.54, 1.807) is 4.90 Å². The summed E-state index contributed by atoms with van der Waals surface area (Å²) in [5, 5.41) is 2.92. The van der Waals surface area contributed by atoms with Crippen LogP contribution in [0.1, 0.15) is 57.4 Å². The van der Waals surface area contributed by atoms with Crippen LogP contribution in [0.5, 0.6) is 0 Å². The molecule has 0 radical (unpaired) electrons. The van der Waals surface area contributed by atoms with E-state index in [0.29, 0.717) is 24.7 Å². The first kappa shape index (κ1) is 20.4. The van der Waals surface area contributed by atoms with Crippen LogP contribution in [-0.4, -0.2) is 49.4 Å². The molecule has 1 heterocycles. The van der Waals surface area contributed by atoms with Crippen LogP contribution in [0.4, 0.5) is 5.69 Å². The van der Waals surface area contributed by atoms with Crippen molar-refractivity contribution in [3.05, 3.63) is 29.8 Å². The summed E-state index contributed by atoms with van der Waals surface area (Å²) in [6, 6.07) is 7.82. The molecule has 1 unspecified atom stereocenters. The zero-order valence-corrected chi connectivity index (χ0v) is 17.3. The number of anilines is 1. The first-order valence-corrected chi connectivity index (χ1v) is 10.5. The molecule has 0 spiro atoms. The van der Waals surface area contributed by atoms with Gasteiger partial charge in [0.1, 0.15) is 5.84 Å². The third kappa shape index (κ3) is 4.54. The number of carbonyl (C=O) groups is 2. The maximum atomic E-state index is 13.3. The summed E-state index contributed by atoms with van der Waals surface area (Å²) in [4.78, 5) is 34.3. The van der Waals surface area contributed by atoms with Gasteiger partial charge in [0.25, 0.3) is 5.91 Å². The molecule has 1 aromatic rings. The lowest BCUT2D eigenvalue weighted by Crippen LogP contribution is -2.48. The van der Waals surface area contributed by atoms with Gasteiger partial charge < -0.3 is 15.1 Å². The summed E-state index contributed by atoms with van der Waals surface area (Å²) in [6.07, 6.45) is 6.30. The van der Waals surface area contributed by atoms with Crippen LogP contribution >= 0.6 is 0 Å². The second-order valence-corrected chi connectivity index (χ2v) is 8.03. The third-order valence-electron chi connectivity index (χ3n) is 5.55. The van der Waals surface area contributed by atoms with Crippen molar-refractivity contribution in [2.75, 3.05) is 25.5 Å². The Kier molecular flexibility index (Phi) is 6.70. The van der Waals surface area contributed by atoms with E-state index >= 15 is 0 Å². The molecule has 1 aliphatic carbocycles. The second-order valence-electron chi connectivity index (χ2n) is 8.03. The Bertz CT molecular complexity index is 738. The van der Waals surface area contributed by atoms with E-state index in [0.717, 1.165) is 30.5 Å². The van der Waals surface area contributed by atoms with Crippen molar-refractivity contribution in [1.29, 1.82) is 0 Å². The van der Waals surface area contributed by atoms with Gasteiger partial charge in [-0.1, -0.05) is 38.3 Å². The molecule has 1 atom stereocenters. The molecule has 1 saturated carbocycles. The number of aliphatic imine (C=N–C) groups is 1. The van der Waals surface area contributed by atoms with E-state index in [1.165, 1.54) is 19.3 Å². The van der Waals surface area contributed by atoms with Crippen LogP contribution in [0, 0.1) is 5.92 Å². The Balaban J connectivity index is 1.86. The van der Waals surface area contributed by atoms with Crippen LogP contribution in [0.3, 0.4) is 0 Å². The normalized spacial score (nSPS) is 20.2. The molecule has 0 aromatic heterocycles. The minimum absolute atomic E-state index is 0.0745. The summed E-state index contributed by atoms with van der Waals surface area (Å²) in [5.41, 5.74) is 1.77. The lowest BCUT2D eigenvalue weighted by molar-refractivity contribution is -0.128. The summed E-state index contributed by atoms with van der Waals surface area (Å²) in [5.74, 6) is 0.902. The lowest BCUT2D eigenvalue weighted by atomic mass is 9.87. The van der Waals surface area contributed by atoms with E-state index in [2.05, 4.69) is 10.3 Å². The molecule has 2 aliphatic rings. The summed E-state index contributed by atoms with van der Waals surface area (Å²) in [7, 11) is 3.83. The number of amidine groups is 1. The van der Waals surface area contributed by atoms with E-state index in [9.17, 15) is 9.59 Å². The van der Waals surface area contributed by atoms with Crippen molar-refractivity contribution < 1.29 is 9.59 Å². The van der Waals surface area contributed by atoms with Gasteiger partial charge in [-0.15, -0.1) is 0 Å².